The Morgan fingerprint density at radius 2 is 2.16 bits per heavy atom. The van der Waals surface area contributed by atoms with Crippen LogP contribution in [-0.4, -0.2) is 30.8 Å². The van der Waals surface area contributed by atoms with Gasteiger partial charge in [0, 0.05) is 19.1 Å². The van der Waals surface area contributed by atoms with Crippen molar-refractivity contribution in [2.24, 2.45) is 5.73 Å². The molecule has 8 heteroatoms. The van der Waals surface area contributed by atoms with E-state index in [4.69, 9.17) is 5.73 Å². The minimum absolute atomic E-state index is 0. The Bertz CT molecular complexity index is 461. The minimum Gasteiger partial charge on any atom is -0.329 e. The van der Waals surface area contributed by atoms with Crippen LogP contribution in [0.3, 0.4) is 0 Å². The van der Waals surface area contributed by atoms with Crippen LogP contribution < -0.4 is 10.5 Å². The summed E-state index contributed by atoms with van der Waals surface area (Å²) in [5.74, 6) is 0. The van der Waals surface area contributed by atoms with Crippen molar-refractivity contribution in [2.45, 2.75) is 50.7 Å². The van der Waals surface area contributed by atoms with Gasteiger partial charge in [-0.25, -0.2) is 13.1 Å². The molecule has 1 rings (SSSR count). The first kappa shape index (κ1) is 18.4. The Hall–Kier alpha value is -0.630. The minimum atomic E-state index is -3.53. The monoisotopic (exact) mass is 310 g/mol. The summed E-state index contributed by atoms with van der Waals surface area (Å²) in [6, 6.07) is 1.29. The SMILES string of the molecule is CCCCC(CN)NS(=O)(=O)c1ccnn1CC.Cl. The number of nitrogens with zero attached hydrogens (tertiary/aromatic N) is 2. The first-order valence-electron chi connectivity index (χ1n) is 6.29. The second-order valence-corrected chi connectivity index (χ2v) is 5.84. The molecule has 0 spiro atoms. The molecule has 1 unspecified atom stereocenters. The quantitative estimate of drug-likeness (QED) is 0.753. The highest BCUT2D eigenvalue weighted by Crippen LogP contribution is 2.10. The summed E-state index contributed by atoms with van der Waals surface area (Å²) in [6.45, 7) is 4.74. The van der Waals surface area contributed by atoms with Gasteiger partial charge in [0.25, 0.3) is 10.0 Å². The van der Waals surface area contributed by atoms with Gasteiger partial charge >= 0.3 is 0 Å². The van der Waals surface area contributed by atoms with Crippen LogP contribution in [0.25, 0.3) is 0 Å². The van der Waals surface area contributed by atoms with E-state index in [0.717, 1.165) is 19.3 Å². The summed E-state index contributed by atoms with van der Waals surface area (Å²) in [5.41, 5.74) is 5.60. The predicted octanol–water partition coefficient (Wildman–Crippen LogP) is 1.12. The number of hydrogen-bond acceptors (Lipinski definition) is 4. The van der Waals surface area contributed by atoms with Crippen LogP contribution in [-0.2, 0) is 16.6 Å². The zero-order valence-corrected chi connectivity index (χ0v) is 13.0. The van der Waals surface area contributed by atoms with Gasteiger partial charge in [0.15, 0.2) is 5.03 Å². The lowest BCUT2D eigenvalue weighted by Crippen LogP contribution is -2.40. The van der Waals surface area contributed by atoms with E-state index in [1.165, 1.54) is 16.9 Å². The molecule has 0 amide bonds. The van der Waals surface area contributed by atoms with Crippen LogP contribution in [0.2, 0.25) is 0 Å². The zero-order chi connectivity index (χ0) is 13.6. The van der Waals surface area contributed by atoms with Gasteiger partial charge in [-0.3, -0.25) is 4.68 Å². The average Bonchev–Trinajstić information content (AvgIpc) is 2.83. The highest BCUT2D eigenvalue weighted by Gasteiger charge is 2.22. The molecule has 0 aliphatic carbocycles. The average molecular weight is 311 g/mol. The van der Waals surface area contributed by atoms with E-state index < -0.39 is 10.0 Å². The maximum absolute atomic E-state index is 12.2. The fourth-order valence-electron chi connectivity index (χ4n) is 1.74. The largest absolute Gasteiger partial charge is 0.329 e. The Morgan fingerprint density at radius 1 is 1.47 bits per heavy atom. The van der Waals surface area contributed by atoms with Crippen molar-refractivity contribution in [3.05, 3.63) is 12.3 Å². The standard InChI is InChI=1S/C11H22N4O2S.ClH/c1-3-5-6-10(9-12)14-18(16,17)11-7-8-13-15(11)4-2;/h7-8,10,14H,3-6,9,12H2,1-2H3;1H. The van der Waals surface area contributed by atoms with Gasteiger partial charge in [0.2, 0.25) is 0 Å². The third-order valence-electron chi connectivity index (χ3n) is 2.76. The number of sulfonamides is 1. The molecule has 0 fully saturated rings. The molecule has 1 aromatic rings. The lowest BCUT2D eigenvalue weighted by atomic mass is 10.1. The van der Waals surface area contributed by atoms with E-state index >= 15 is 0 Å². The number of unbranched alkanes of at least 4 members (excludes halogenated alkanes) is 1. The number of aromatic nitrogens is 2. The molecule has 112 valence electrons. The molecule has 19 heavy (non-hydrogen) atoms. The maximum atomic E-state index is 12.2. The van der Waals surface area contributed by atoms with Crippen LogP contribution in [0.5, 0.6) is 0 Å². The summed E-state index contributed by atoms with van der Waals surface area (Å²) in [6.07, 6.45) is 4.22. The Morgan fingerprint density at radius 3 is 2.68 bits per heavy atom. The number of nitrogens with one attached hydrogen (secondary N) is 1. The van der Waals surface area contributed by atoms with Crippen LogP contribution in [0.15, 0.2) is 17.3 Å². The first-order chi connectivity index (χ1) is 8.55. The highest BCUT2D eigenvalue weighted by molar-refractivity contribution is 7.89. The topological polar surface area (TPSA) is 90.0 Å². The molecule has 0 bridgehead atoms. The number of halogens is 1. The molecule has 0 saturated carbocycles. The molecule has 1 aromatic heterocycles. The zero-order valence-electron chi connectivity index (χ0n) is 11.4. The van der Waals surface area contributed by atoms with Crippen molar-refractivity contribution in [3.8, 4) is 0 Å². The van der Waals surface area contributed by atoms with Gasteiger partial charge in [-0.05, 0) is 19.4 Å². The van der Waals surface area contributed by atoms with Gasteiger partial charge in [-0.15, -0.1) is 12.4 Å². The third kappa shape index (κ3) is 5.10. The molecule has 1 atom stereocenters. The second kappa shape index (κ2) is 8.52. The second-order valence-electron chi connectivity index (χ2n) is 4.18. The van der Waals surface area contributed by atoms with Crippen molar-refractivity contribution in [3.63, 3.8) is 0 Å². The van der Waals surface area contributed by atoms with Gasteiger partial charge in [-0.2, -0.15) is 5.10 Å². The van der Waals surface area contributed by atoms with Crippen molar-refractivity contribution in [2.75, 3.05) is 6.54 Å². The van der Waals surface area contributed by atoms with Crippen LogP contribution in [0.1, 0.15) is 33.1 Å². The van der Waals surface area contributed by atoms with E-state index in [2.05, 4.69) is 16.7 Å². The van der Waals surface area contributed by atoms with Crippen molar-refractivity contribution >= 4 is 22.4 Å². The Balaban J connectivity index is 0.00000324. The summed E-state index contributed by atoms with van der Waals surface area (Å²) >= 11 is 0. The van der Waals surface area contributed by atoms with Crippen molar-refractivity contribution in [1.29, 1.82) is 0 Å². The van der Waals surface area contributed by atoms with Crippen LogP contribution in [0, 0.1) is 0 Å². The molecule has 1 heterocycles. The van der Waals surface area contributed by atoms with E-state index in [-0.39, 0.29) is 23.5 Å². The van der Waals surface area contributed by atoms with E-state index in [0.29, 0.717) is 13.1 Å². The molecule has 3 N–H and O–H groups in total. The van der Waals surface area contributed by atoms with E-state index in [1.54, 1.807) is 0 Å². The highest BCUT2D eigenvalue weighted by atomic mass is 35.5. The molecule has 0 aliphatic rings. The number of aryl methyl sites for hydroxylation is 1. The van der Waals surface area contributed by atoms with Gasteiger partial charge in [0.05, 0.1) is 6.20 Å². The molecule has 0 radical (unpaired) electrons. The number of hydrogen-bond donors (Lipinski definition) is 2. The summed E-state index contributed by atoms with van der Waals surface area (Å²) < 4.78 is 28.5. The third-order valence-corrected chi connectivity index (χ3v) is 4.31. The fourth-order valence-corrected chi connectivity index (χ4v) is 3.21. The summed E-state index contributed by atoms with van der Waals surface area (Å²) in [7, 11) is -3.53. The van der Waals surface area contributed by atoms with Crippen LogP contribution >= 0.6 is 12.4 Å². The Kier molecular flexibility index (Phi) is 8.24. The smallest absolute Gasteiger partial charge is 0.258 e. The molecule has 0 aliphatic heterocycles. The van der Waals surface area contributed by atoms with Crippen molar-refractivity contribution in [1.82, 2.24) is 14.5 Å². The molecular weight excluding hydrogens is 288 g/mol. The van der Waals surface area contributed by atoms with Gasteiger partial charge in [-0.1, -0.05) is 19.8 Å². The fraction of sp³-hybridized carbons (Fsp3) is 0.727. The number of nitrogens with two attached hydrogens (primary N) is 1. The molecule has 6 nitrogen and oxygen atoms in total. The summed E-state index contributed by atoms with van der Waals surface area (Å²) in [4.78, 5) is 0. The van der Waals surface area contributed by atoms with E-state index in [9.17, 15) is 8.42 Å². The molecule has 0 aromatic carbocycles. The van der Waals surface area contributed by atoms with Crippen molar-refractivity contribution < 1.29 is 8.42 Å². The predicted molar refractivity (Wildman–Crippen MR) is 77.8 cm³/mol. The van der Waals surface area contributed by atoms with Crippen LogP contribution in [0.4, 0.5) is 0 Å². The normalized spacial score (nSPS) is 13.0. The molecule has 0 saturated heterocycles. The lowest BCUT2D eigenvalue weighted by Gasteiger charge is -2.16. The Labute approximate surface area is 121 Å². The summed E-state index contributed by atoms with van der Waals surface area (Å²) in [5, 5.41) is 4.16. The lowest BCUT2D eigenvalue weighted by molar-refractivity contribution is 0.502. The van der Waals surface area contributed by atoms with E-state index in [1.807, 2.05) is 6.92 Å². The maximum Gasteiger partial charge on any atom is 0.258 e. The van der Waals surface area contributed by atoms with Gasteiger partial charge in [0.1, 0.15) is 0 Å². The number of rotatable bonds is 8. The molecular formula is C11H23ClN4O2S. The first-order valence-corrected chi connectivity index (χ1v) is 7.77. The van der Waals surface area contributed by atoms with Gasteiger partial charge < -0.3 is 5.73 Å².